The number of carbonyl (C=O) groups excluding carboxylic acids is 2. The summed E-state index contributed by atoms with van der Waals surface area (Å²) >= 11 is 0.418. The summed E-state index contributed by atoms with van der Waals surface area (Å²) < 4.78 is 38.1. The van der Waals surface area contributed by atoms with Crippen LogP contribution >= 0.6 is 11.8 Å². The van der Waals surface area contributed by atoms with Crippen molar-refractivity contribution in [2.75, 3.05) is 36.0 Å². The Morgan fingerprint density at radius 2 is 1.47 bits per heavy atom. The second-order valence-electron chi connectivity index (χ2n) is 7.16. The summed E-state index contributed by atoms with van der Waals surface area (Å²) in [5.74, 6) is -3.39. The summed E-state index contributed by atoms with van der Waals surface area (Å²) in [5, 5.41) is 0. The number of halogens is 3. The summed E-state index contributed by atoms with van der Waals surface area (Å²) in [6, 6.07) is 11.8. The van der Waals surface area contributed by atoms with E-state index < -0.39 is 11.8 Å². The number of amides is 2. The van der Waals surface area contributed by atoms with Crippen molar-refractivity contribution in [3.63, 3.8) is 0 Å². The van der Waals surface area contributed by atoms with Crippen molar-refractivity contribution < 1.29 is 22.8 Å². The molecule has 2 heterocycles. The van der Waals surface area contributed by atoms with Gasteiger partial charge in [-0.25, -0.2) is 9.29 Å². The van der Waals surface area contributed by atoms with Gasteiger partial charge in [0.15, 0.2) is 0 Å². The Balaban J connectivity index is 1.40. The molecular weight excluding hydrogens is 415 g/mol. The number of hydrogen-bond acceptors (Lipinski definition) is 5. The standard InChI is InChI=1S/C21H20F3N3O2S/c22-14-1-3-15(4-2-14)25-9-11-26(12-10-25)18-13-19(28)27(20(18)29)16-5-7-17(8-6-16)30-21(23)24/h1-8,18,21H,9-13H2/t18-/m1/s1. The maximum Gasteiger partial charge on any atom is 0.288 e. The van der Waals surface area contributed by atoms with Crippen LogP contribution in [0.2, 0.25) is 0 Å². The largest absolute Gasteiger partial charge is 0.369 e. The van der Waals surface area contributed by atoms with Crippen molar-refractivity contribution in [1.82, 2.24) is 4.90 Å². The number of benzene rings is 2. The average molecular weight is 435 g/mol. The summed E-state index contributed by atoms with van der Waals surface area (Å²) in [6.45, 7) is 2.56. The first-order valence-corrected chi connectivity index (χ1v) is 10.5. The normalized spacial score (nSPS) is 20.5. The van der Waals surface area contributed by atoms with Gasteiger partial charge >= 0.3 is 0 Å². The molecule has 2 aliphatic rings. The number of hydrogen-bond donors (Lipinski definition) is 0. The molecular formula is C21H20F3N3O2S. The lowest BCUT2D eigenvalue weighted by atomic mass is 10.1. The van der Waals surface area contributed by atoms with Crippen LogP contribution in [0.15, 0.2) is 53.4 Å². The quantitative estimate of drug-likeness (QED) is 0.531. The molecule has 0 radical (unpaired) electrons. The van der Waals surface area contributed by atoms with E-state index in [-0.39, 0.29) is 24.1 Å². The number of anilines is 2. The van der Waals surface area contributed by atoms with Gasteiger partial charge in [0.2, 0.25) is 5.91 Å². The molecule has 0 unspecified atom stereocenters. The molecule has 0 aliphatic carbocycles. The molecule has 5 nitrogen and oxygen atoms in total. The van der Waals surface area contributed by atoms with Gasteiger partial charge in [-0.3, -0.25) is 14.5 Å². The molecule has 30 heavy (non-hydrogen) atoms. The lowest BCUT2D eigenvalue weighted by molar-refractivity contribution is -0.123. The van der Waals surface area contributed by atoms with E-state index in [4.69, 9.17) is 0 Å². The zero-order valence-corrected chi connectivity index (χ0v) is 16.8. The fourth-order valence-corrected chi connectivity index (χ4v) is 4.39. The second-order valence-corrected chi connectivity index (χ2v) is 8.22. The van der Waals surface area contributed by atoms with Gasteiger partial charge in [-0.2, -0.15) is 8.78 Å². The van der Waals surface area contributed by atoms with Gasteiger partial charge in [0.25, 0.3) is 11.7 Å². The van der Waals surface area contributed by atoms with Crippen molar-refractivity contribution in [1.29, 1.82) is 0 Å². The van der Waals surface area contributed by atoms with Crippen LogP contribution in [-0.4, -0.2) is 54.7 Å². The van der Waals surface area contributed by atoms with E-state index in [1.165, 1.54) is 36.4 Å². The molecule has 4 rings (SSSR count). The molecule has 2 aromatic carbocycles. The van der Waals surface area contributed by atoms with Gasteiger partial charge < -0.3 is 4.90 Å². The SMILES string of the molecule is O=C1C[C@@H](N2CCN(c3ccc(F)cc3)CC2)C(=O)N1c1ccc(SC(F)F)cc1. The van der Waals surface area contributed by atoms with Crippen LogP contribution in [0.4, 0.5) is 24.5 Å². The molecule has 0 aromatic heterocycles. The number of rotatable bonds is 5. The Bertz CT molecular complexity index is 916. The predicted molar refractivity (Wildman–Crippen MR) is 109 cm³/mol. The summed E-state index contributed by atoms with van der Waals surface area (Å²) in [4.78, 5) is 31.1. The average Bonchev–Trinajstić information content (AvgIpc) is 3.03. The summed E-state index contributed by atoms with van der Waals surface area (Å²) in [7, 11) is 0. The Morgan fingerprint density at radius 3 is 2.07 bits per heavy atom. The molecule has 0 saturated carbocycles. The Hall–Kier alpha value is -2.52. The Kier molecular flexibility index (Phi) is 6.01. The fraction of sp³-hybridized carbons (Fsp3) is 0.333. The van der Waals surface area contributed by atoms with Crippen LogP contribution in [-0.2, 0) is 9.59 Å². The molecule has 2 aromatic rings. The first-order chi connectivity index (χ1) is 14.4. The fourth-order valence-electron chi connectivity index (χ4n) is 3.89. The van der Waals surface area contributed by atoms with Crippen LogP contribution in [0.1, 0.15) is 6.42 Å². The third kappa shape index (κ3) is 4.32. The third-order valence-electron chi connectivity index (χ3n) is 5.39. The zero-order chi connectivity index (χ0) is 21.3. The number of alkyl halides is 2. The second kappa shape index (κ2) is 8.69. The number of thioether (sulfide) groups is 1. The molecule has 0 bridgehead atoms. The van der Waals surface area contributed by atoms with Crippen molar-refractivity contribution in [3.05, 3.63) is 54.3 Å². The monoisotopic (exact) mass is 435 g/mol. The molecule has 9 heteroatoms. The first-order valence-electron chi connectivity index (χ1n) is 9.58. The van der Waals surface area contributed by atoms with Crippen LogP contribution in [0.25, 0.3) is 0 Å². The van der Waals surface area contributed by atoms with E-state index >= 15 is 0 Å². The predicted octanol–water partition coefficient (Wildman–Crippen LogP) is 3.59. The molecule has 0 spiro atoms. The van der Waals surface area contributed by atoms with Crippen molar-refractivity contribution in [3.8, 4) is 0 Å². The lowest BCUT2D eigenvalue weighted by Crippen LogP contribution is -2.52. The molecule has 2 amide bonds. The van der Waals surface area contributed by atoms with Crippen LogP contribution in [0, 0.1) is 5.82 Å². The van der Waals surface area contributed by atoms with Crippen molar-refractivity contribution in [2.45, 2.75) is 23.1 Å². The van der Waals surface area contributed by atoms with Gasteiger partial charge in [0, 0.05) is 36.8 Å². The van der Waals surface area contributed by atoms with E-state index in [0.29, 0.717) is 48.5 Å². The molecule has 1 atom stereocenters. The lowest BCUT2D eigenvalue weighted by Gasteiger charge is -2.38. The molecule has 0 N–H and O–H groups in total. The van der Waals surface area contributed by atoms with Crippen molar-refractivity contribution >= 4 is 35.0 Å². The van der Waals surface area contributed by atoms with E-state index in [1.807, 2.05) is 4.90 Å². The van der Waals surface area contributed by atoms with Crippen LogP contribution in [0.5, 0.6) is 0 Å². The Labute approximate surface area is 176 Å². The molecule has 158 valence electrons. The highest BCUT2D eigenvalue weighted by Crippen LogP contribution is 2.30. The van der Waals surface area contributed by atoms with Gasteiger partial charge in [-0.05, 0) is 48.5 Å². The number of carbonyl (C=O) groups is 2. The van der Waals surface area contributed by atoms with E-state index in [1.54, 1.807) is 12.1 Å². The maximum absolute atomic E-state index is 13.1. The van der Waals surface area contributed by atoms with Crippen LogP contribution in [0.3, 0.4) is 0 Å². The summed E-state index contributed by atoms with van der Waals surface area (Å²) in [5.41, 5.74) is 1.32. The molecule has 2 aliphatic heterocycles. The van der Waals surface area contributed by atoms with Gasteiger partial charge in [-0.15, -0.1) is 0 Å². The molecule has 2 fully saturated rings. The van der Waals surface area contributed by atoms with Crippen molar-refractivity contribution in [2.24, 2.45) is 0 Å². The Morgan fingerprint density at radius 1 is 0.867 bits per heavy atom. The van der Waals surface area contributed by atoms with E-state index in [9.17, 15) is 22.8 Å². The zero-order valence-electron chi connectivity index (χ0n) is 16.0. The minimum atomic E-state index is -2.52. The van der Waals surface area contributed by atoms with Gasteiger partial charge in [0.1, 0.15) is 5.82 Å². The minimum absolute atomic E-state index is 0.100. The van der Waals surface area contributed by atoms with E-state index in [0.717, 1.165) is 10.6 Å². The highest BCUT2D eigenvalue weighted by Gasteiger charge is 2.43. The smallest absolute Gasteiger partial charge is 0.288 e. The number of nitrogens with zero attached hydrogens (tertiary/aromatic N) is 3. The highest BCUT2D eigenvalue weighted by atomic mass is 32.2. The first kappa shape index (κ1) is 20.7. The number of imide groups is 1. The van der Waals surface area contributed by atoms with Gasteiger partial charge in [-0.1, -0.05) is 11.8 Å². The highest BCUT2D eigenvalue weighted by molar-refractivity contribution is 7.99. The maximum atomic E-state index is 13.1. The third-order valence-corrected chi connectivity index (χ3v) is 6.11. The van der Waals surface area contributed by atoms with Crippen LogP contribution < -0.4 is 9.80 Å². The minimum Gasteiger partial charge on any atom is -0.369 e. The van der Waals surface area contributed by atoms with Gasteiger partial charge in [0.05, 0.1) is 18.2 Å². The number of piperazine rings is 1. The topological polar surface area (TPSA) is 43.9 Å². The molecule has 2 saturated heterocycles. The van der Waals surface area contributed by atoms with E-state index in [2.05, 4.69) is 4.90 Å². The summed E-state index contributed by atoms with van der Waals surface area (Å²) in [6.07, 6.45) is 0.100.